The van der Waals surface area contributed by atoms with Gasteiger partial charge < -0.3 is 9.47 Å². The minimum atomic E-state index is -0.355. The molecule has 0 fully saturated rings. The Kier molecular flexibility index (Phi) is 6.59. The highest BCUT2D eigenvalue weighted by Gasteiger charge is 2.21. The monoisotopic (exact) mass is 358 g/mol. The average molecular weight is 358 g/mol. The van der Waals surface area contributed by atoms with Crippen LogP contribution in [0.2, 0.25) is 0 Å². The molecule has 26 heavy (non-hydrogen) atoms. The van der Waals surface area contributed by atoms with Crippen LogP contribution in [0.15, 0.2) is 30.3 Å². The van der Waals surface area contributed by atoms with Crippen LogP contribution in [0.25, 0.3) is 0 Å². The predicted octanol–water partition coefficient (Wildman–Crippen LogP) is 4.44. The van der Waals surface area contributed by atoms with Crippen molar-refractivity contribution in [1.29, 1.82) is 0 Å². The number of hydrogen-bond acceptors (Lipinski definition) is 4. The Balaban J connectivity index is 2.27. The highest BCUT2D eigenvalue weighted by molar-refractivity contribution is 5.87. The highest BCUT2D eigenvalue weighted by atomic mass is 16.5. The Hall–Kier alpha value is -2.14. The van der Waals surface area contributed by atoms with Gasteiger partial charge >= 0.3 is 5.97 Å². The van der Waals surface area contributed by atoms with E-state index in [1.807, 2.05) is 13.8 Å². The normalized spacial score (nSPS) is 12.8. The fraction of sp³-hybridized carbons (Fsp3) is 0.524. The second-order valence-electron chi connectivity index (χ2n) is 7.39. The third-order valence-electron chi connectivity index (χ3n) is 4.24. The zero-order valence-corrected chi connectivity index (χ0v) is 16.7. The third-order valence-corrected chi connectivity index (χ3v) is 4.24. The van der Waals surface area contributed by atoms with Crippen LogP contribution in [0.5, 0.6) is 0 Å². The van der Waals surface area contributed by atoms with Gasteiger partial charge in [0.05, 0.1) is 18.8 Å². The molecule has 0 spiro atoms. The van der Waals surface area contributed by atoms with Crippen LogP contribution in [-0.4, -0.2) is 29.0 Å². The number of nitrogens with zero attached hydrogens (tertiary/aromatic N) is 2. The lowest BCUT2D eigenvalue weighted by molar-refractivity contribution is 0.0413. The van der Waals surface area contributed by atoms with E-state index in [4.69, 9.17) is 9.47 Å². The zero-order valence-electron chi connectivity index (χ0n) is 16.7. The molecular weight excluding hydrogens is 328 g/mol. The van der Waals surface area contributed by atoms with E-state index in [1.165, 1.54) is 5.56 Å². The maximum Gasteiger partial charge on any atom is 0.356 e. The Labute approximate surface area is 156 Å². The third kappa shape index (κ3) is 4.94. The van der Waals surface area contributed by atoms with Gasteiger partial charge in [0.15, 0.2) is 0 Å². The molecule has 2 rings (SSSR count). The first-order valence-corrected chi connectivity index (χ1v) is 9.19. The first-order chi connectivity index (χ1) is 12.3. The molecule has 142 valence electrons. The maximum atomic E-state index is 12.2. The lowest BCUT2D eigenvalue weighted by Gasteiger charge is -2.22. The second kappa shape index (κ2) is 8.49. The van der Waals surface area contributed by atoms with Gasteiger partial charge in [-0.3, -0.25) is 4.68 Å². The molecule has 0 aliphatic heterocycles. The number of esters is 1. The van der Waals surface area contributed by atoms with E-state index >= 15 is 0 Å². The van der Waals surface area contributed by atoms with Crippen molar-refractivity contribution in [1.82, 2.24) is 9.78 Å². The molecule has 0 saturated heterocycles. The van der Waals surface area contributed by atoms with Crippen LogP contribution >= 0.6 is 0 Å². The Morgan fingerprint density at radius 3 is 2.35 bits per heavy atom. The molecule has 5 nitrogen and oxygen atoms in total. The van der Waals surface area contributed by atoms with Gasteiger partial charge in [-0.25, -0.2) is 4.79 Å². The fourth-order valence-electron chi connectivity index (χ4n) is 2.86. The average Bonchev–Trinajstić information content (AvgIpc) is 2.94. The summed E-state index contributed by atoms with van der Waals surface area (Å²) in [5, 5.41) is 4.45. The van der Waals surface area contributed by atoms with Crippen molar-refractivity contribution in [3.8, 4) is 0 Å². The molecule has 1 aromatic heterocycles. The van der Waals surface area contributed by atoms with Crippen LogP contribution in [0.1, 0.15) is 68.0 Å². The summed E-state index contributed by atoms with van der Waals surface area (Å²) >= 11 is 0. The molecule has 1 heterocycles. The molecule has 5 heteroatoms. The van der Waals surface area contributed by atoms with Crippen molar-refractivity contribution in [2.45, 2.75) is 59.6 Å². The van der Waals surface area contributed by atoms with E-state index < -0.39 is 0 Å². The van der Waals surface area contributed by atoms with Crippen LogP contribution < -0.4 is 0 Å². The van der Waals surface area contributed by atoms with Crippen molar-refractivity contribution in [2.75, 3.05) is 13.2 Å². The van der Waals surface area contributed by atoms with Gasteiger partial charge in [-0.1, -0.05) is 45.0 Å². The Morgan fingerprint density at radius 1 is 1.15 bits per heavy atom. The van der Waals surface area contributed by atoms with Crippen molar-refractivity contribution in [3.05, 3.63) is 52.8 Å². The largest absolute Gasteiger partial charge is 0.461 e. The summed E-state index contributed by atoms with van der Waals surface area (Å²) in [7, 11) is 0. The summed E-state index contributed by atoms with van der Waals surface area (Å²) in [6.07, 6.45) is -0.179. The van der Waals surface area contributed by atoms with E-state index in [-0.39, 0.29) is 17.5 Å². The van der Waals surface area contributed by atoms with Gasteiger partial charge in [-0.05, 0) is 43.4 Å². The van der Waals surface area contributed by atoms with Crippen molar-refractivity contribution < 1.29 is 14.3 Å². The standard InChI is InChI=1S/C21H30N2O3/c1-7-25-19(16-9-11-17(12-10-16)21(4,5)6)14-23-18(13-15(3)22-23)20(24)26-8-2/h9-13,19H,7-8,14H2,1-6H3. The first kappa shape index (κ1) is 20.2. The summed E-state index contributed by atoms with van der Waals surface area (Å²) < 4.78 is 12.8. The summed E-state index contributed by atoms with van der Waals surface area (Å²) in [6, 6.07) is 10.2. The van der Waals surface area contributed by atoms with Gasteiger partial charge in [0.25, 0.3) is 0 Å². The van der Waals surface area contributed by atoms with Gasteiger partial charge in [-0.2, -0.15) is 5.10 Å². The topological polar surface area (TPSA) is 53.3 Å². The number of carbonyl (C=O) groups excluding carboxylic acids is 1. The zero-order chi connectivity index (χ0) is 19.3. The van der Waals surface area contributed by atoms with Crippen LogP contribution in [0.4, 0.5) is 0 Å². The van der Waals surface area contributed by atoms with Crippen molar-refractivity contribution >= 4 is 5.97 Å². The van der Waals surface area contributed by atoms with Crippen LogP contribution in [0, 0.1) is 6.92 Å². The lowest BCUT2D eigenvalue weighted by Crippen LogP contribution is -2.19. The molecule has 0 saturated carbocycles. The minimum Gasteiger partial charge on any atom is -0.461 e. The van der Waals surface area contributed by atoms with E-state index in [0.717, 1.165) is 11.3 Å². The van der Waals surface area contributed by atoms with E-state index in [2.05, 4.69) is 50.1 Å². The Morgan fingerprint density at radius 2 is 1.81 bits per heavy atom. The molecule has 2 aromatic rings. The van der Waals surface area contributed by atoms with Gasteiger partial charge in [-0.15, -0.1) is 0 Å². The van der Waals surface area contributed by atoms with E-state index in [9.17, 15) is 4.79 Å². The Bertz CT molecular complexity index is 727. The van der Waals surface area contributed by atoms with Crippen molar-refractivity contribution in [3.63, 3.8) is 0 Å². The lowest BCUT2D eigenvalue weighted by atomic mass is 9.86. The molecule has 0 amide bonds. The summed E-state index contributed by atoms with van der Waals surface area (Å²) in [6.45, 7) is 13.6. The fourth-order valence-corrected chi connectivity index (χ4v) is 2.86. The molecule has 1 unspecified atom stereocenters. The number of aryl methyl sites for hydroxylation is 1. The first-order valence-electron chi connectivity index (χ1n) is 9.19. The van der Waals surface area contributed by atoms with Crippen LogP contribution in [0.3, 0.4) is 0 Å². The number of aromatic nitrogens is 2. The molecule has 0 aliphatic carbocycles. The quantitative estimate of drug-likeness (QED) is 0.687. The minimum absolute atomic E-state index is 0.107. The second-order valence-corrected chi connectivity index (χ2v) is 7.39. The van der Waals surface area contributed by atoms with E-state index in [1.54, 1.807) is 17.7 Å². The number of rotatable bonds is 7. The summed E-state index contributed by atoms with van der Waals surface area (Å²) in [5.41, 5.74) is 3.70. The molecule has 0 N–H and O–H groups in total. The van der Waals surface area contributed by atoms with Gasteiger partial charge in [0, 0.05) is 6.61 Å². The predicted molar refractivity (Wildman–Crippen MR) is 102 cm³/mol. The van der Waals surface area contributed by atoms with Gasteiger partial charge in [0.2, 0.25) is 0 Å². The number of carbonyl (C=O) groups is 1. The molecule has 0 radical (unpaired) electrons. The summed E-state index contributed by atoms with van der Waals surface area (Å²) in [5.74, 6) is -0.355. The molecule has 0 bridgehead atoms. The molecule has 1 aromatic carbocycles. The highest BCUT2D eigenvalue weighted by Crippen LogP contribution is 2.26. The maximum absolute atomic E-state index is 12.2. The van der Waals surface area contributed by atoms with Gasteiger partial charge in [0.1, 0.15) is 11.8 Å². The summed E-state index contributed by atoms with van der Waals surface area (Å²) in [4.78, 5) is 12.2. The van der Waals surface area contributed by atoms with Crippen LogP contribution in [-0.2, 0) is 21.4 Å². The molecule has 1 atom stereocenters. The number of hydrogen-bond donors (Lipinski definition) is 0. The molecular formula is C21H30N2O3. The van der Waals surface area contributed by atoms with E-state index in [0.29, 0.717) is 25.5 Å². The van der Waals surface area contributed by atoms with Crippen molar-refractivity contribution in [2.24, 2.45) is 0 Å². The molecule has 0 aliphatic rings. The smallest absolute Gasteiger partial charge is 0.356 e. The number of ether oxygens (including phenoxy) is 2. The SMILES string of the molecule is CCOC(=O)c1cc(C)nn1CC(OCC)c1ccc(C(C)(C)C)cc1. The number of benzene rings is 1.